The molecular formula is C15H15N3O3. The molecule has 2 aromatic carbocycles. The first-order valence-electron chi connectivity index (χ1n) is 6.33. The number of nitrogens with one attached hydrogen (secondary N) is 1. The van der Waals surface area contributed by atoms with E-state index in [4.69, 9.17) is 15.2 Å². The van der Waals surface area contributed by atoms with Crippen molar-refractivity contribution in [2.24, 2.45) is 0 Å². The zero-order chi connectivity index (χ0) is 15.0. The summed E-state index contributed by atoms with van der Waals surface area (Å²) in [5.41, 5.74) is 8.25. The number of nitrogens with zero attached hydrogens (tertiary/aromatic N) is 1. The summed E-state index contributed by atoms with van der Waals surface area (Å²) in [6, 6.07) is 8.62. The molecule has 3 aromatic rings. The molecule has 4 N–H and O–H groups in total. The standard InChI is InChI=1S/C15H15N3O3/c1-20-13-6-10-11(7-14(13)21-2)18-15(17-10)8-3-4-9(16)12(19)5-8/h3-7,19H,16H2,1-2H3,(H,17,18). The number of phenolic OH excluding ortho intramolecular Hbond substituents is 1. The molecule has 0 amide bonds. The van der Waals surface area contributed by atoms with Crippen molar-refractivity contribution in [3.63, 3.8) is 0 Å². The van der Waals surface area contributed by atoms with Gasteiger partial charge in [-0.15, -0.1) is 0 Å². The molecule has 0 spiro atoms. The fourth-order valence-corrected chi connectivity index (χ4v) is 2.16. The molecule has 0 aliphatic heterocycles. The summed E-state index contributed by atoms with van der Waals surface area (Å²) in [5.74, 6) is 1.90. The molecular weight excluding hydrogens is 270 g/mol. The Kier molecular flexibility index (Phi) is 3.06. The third-order valence-corrected chi connectivity index (χ3v) is 3.29. The van der Waals surface area contributed by atoms with Crippen LogP contribution in [0.2, 0.25) is 0 Å². The minimum absolute atomic E-state index is 0.0307. The molecule has 3 rings (SSSR count). The second-order valence-electron chi connectivity index (χ2n) is 4.58. The summed E-state index contributed by atoms with van der Waals surface area (Å²) >= 11 is 0. The number of H-pyrrole nitrogens is 1. The number of imidazole rings is 1. The van der Waals surface area contributed by atoms with Crippen molar-refractivity contribution >= 4 is 16.7 Å². The molecule has 0 aliphatic carbocycles. The normalized spacial score (nSPS) is 10.8. The fraction of sp³-hybridized carbons (Fsp3) is 0.133. The number of benzene rings is 2. The highest BCUT2D eigenvalue weighted by atomic mass is 16.5. The second-order valence-corrected chi connectivity index (χ2v) is 4.58. The first-order valence-corrected chi connectivity index (χ1v) is 6.33. The van der Waals surface area contributed by atoms with Gasteiger partial charge in [0.15, 0.2) is 11.5 Å². The summed E-state index contributed by atoms with van der Waals surface area (Å²) in [6.45, 7) is 0. The zero-order valence-corrected chi connectivity index (χ0v) is 11.7. The summed E-state index contributed by atoms with van der Waals surface area (Å²) in [7, 11) is 3.16. The third kappa shape index (κ3) is 2.20. The number of aromatic hydroxyl groups is 1. The van der Waals surface area contributed by atoms with E-state index in [1.165, 1.54) is 0 Å². The maximum atomic E-state index is 9.69. The van der Waals surface area contributed by atoms with E-state index >= 15 is 0 Å². The molecule has 0 radical (unpaired) electrons. The lowest BCUT2D eigenvalue weighted by Crippen LogP contribution is -1.89. The lowest BCUT2D eigenvalue weighted by atomic mass is 10.2. The number of hydrogen-bond acceptors (Lipinski definition) is 5. The van der Waals surface area contributed by atoms with Crippen LogP contribution in [0.5, 0.6) is 17.2 Å². The zero-order valence-electron chi connectivity index (χ0n) is 11.7. The molecule has 0 bridgehead atoms. The maximum absolute atomic E-state index is 9.69. The smallest absolute Gasteiger partial charge is 0.163 e. The van der Waals surface area contributed by atoms with Gasteiger partial charge in [-0.05, 0) is 18.2 Å². The van der Waals surface area contributed by atoms with E-state index in [1.54, 1.807) is 38.5 Å². The average molecular weight is 285 g/mol. The molecule has 1 aromatic heterocycles. The van der Waals surface area contributed by atoms with E-state index < -0.39 is 0 Å². The molecule has 108 valence electrons. The molecule has 6 nitrogen and oxygen atoms in total. The van der Waals surface area contributed by atoms with Crippen LogP contribution in [0, 0.1) is 0 Å². The number of ether oxygens (including phenoxy) is 2. The van der Waals surface area contributed by atoms with Gasteiger partial charge in [0.25, 0.3) is 0 Å². The lowest BCUT2D eigenvalue weighted by molar-refractivity contribution is 0.356. The Labute approximate surface area is 121 Å². The van der Waals surface area contributed by atoms with Crippen LogP contribution < -0.4 is 15.2 Å². The van der Waals surface area contributed by atoms with E-state index in [0.717, 1.165) is 16.6 Å². The Morgan fingerprint density at radius 1 is 1.10 bits per heavy atom. The number of anilines is 1. The van der Waals surface area contributed by atoms with Gasteiger partial charge in [-0.2, -0.15) is 0 Å². The number of methoxy groups -OCH3 is 2. The predicted molar refractivity (Wildman–Crippen MR) is 80.7 cm³/mol. The number of rotatable bonds is 3. The van der Waals surface area contributed by atoms with Crippen LogP contribution in [0.25, 0.3) is 22.4 Å². The van der Waals surface area contributed by atoms with Crippen LogP contribution in [0.15, 0.2) is 30.3 Å². The summed E-state index contributed by atoms with van der Waals surface area (Å²) in [6.07, 6.45) is 0. The molecule has 0 saturated heterocycles. The minimum atomic E-state index is 0.0307. The van der Waals surface area contributed by atoms with Crippen molar-refractivity contribution in [2.75, 3.05) is 20.0 Å². The van der Waals surface area contributed by atoms with Gasteiger partial charge in [0.1, 0.15) is 11.6 Å². The van der Waals surface area contributed by atoms with E-state index in [0.29, 0.717) is 23.0 Å². The first kappa shape index (κ1) is 13.1. The molecule has 1 heterocycles. The number of hydrogen-bond donors (Lipinski definition) is 3. The van der Waals surface area contributed by atoms with Crippen LogP contribution in [0.1, 0.15) is 0 Å². The average Bonchev–Trinajstić information content (AvgIpc) is 2.91. The van der Waals surface area contributed by atoms with Crippen LogP contribution in [0.4, 0.5) is 5.69 Å². The van der Waals surface area contributed by atoms with Crippen molar-refractivity contribution < 1.29 is 14.6 Å². The largest absolute Gasteiger partial charge is 0.506 e. The SMILES string of the molecule is COc1cc2nc(-c3ccc(N)c(O)c3)[nH]c2cc1OC. The Morgan fingerprint density at radius 2 is 1.81 bits per heavy atom. The summed E-state index contributed by atoms with van der Waals surface area (Å²) in [4.78, 5) is 7.68. The van der Waals surface area contributed by atoms with Crippen molar-refractivity contribution in [3.8, 4) is 28.6 Å². The Balaban J connectivity index is 2.14. The highest BCUT2D eigenvalue weighted by Crippen LogP contribution is 2.33. The topological polar surface area (TPSA) is 93.4 Å². The lowest BCUT2D eigenvalue weighted by Gasteiger charge is -2.06. The highest BCUT2D eigenvalue weighted by molar-refractivity contribution is 5.83. The minimum Gasteiger partial charge on any atom is -0.506 e. The monoisotopic (exact) mass is 285 g/mol. The maximum Gasteiger partial charge on any atom is 0.163 e. The summed E-state index contributed by atoms with van der Waals surface area (Å²) < 4.78 is 10.5. The Hall–Kier alpha value is -2.89. The quantitative estimate of drug-likeness (QED) is 0.508. The Bertz CT molecular complexity index is 770. The van der Waals surface area contributed by atoms with E-state index in [2.05, 4.69) is 9.97 Å². The Morgan fingerprint density at radius 3 is 2.48 bits per heavy atom. The molecule has 6 heteroatoms. The first-order chi connectivity index (χ1) is 10.1. The summed E-state index contributed by atoms with van der Waals surface area (Å²) in [5, 5.41) is 9.69. The van der Waals surface area contributed by atoms with Crippen LogP contribution in [-0.2, 0) is 0 Å². The van der Waals surface area contributed by atoms with E-state index in [1.807, 2.05) is 6.07 Å². The van der Waals surface area contributed by atoms with Crippen LogP contribution in [-0.4, -0.2) is 29.3 Å². The number of aromatic amines is 1. The van der Waals surface area contributed by atoms with E-state index in [-0.39, 0.29) is 5.75 Å². The van der Waals surface area contributed by atoms with Gasteiger partial charge < -0.3 is 25.3 Å². The molecule has 0 atom stereocenters. The molecule has 0 fully saturated rings. The van der Waals surface area contributed by atoms with Crippen LogP contribution >= 0.6 is 0 Å². The van der Waals surface area contributed by atoms with Gasteiger partial charge in [0, 0.05) is 17.7 Å². The number of nitrogens with two attached hydrogens (primary N) is 1. The van der Waals surface area contributed by atoms with Crippen molar-refractivity contribution in [1.82, 2.24) is 9.97 Å². The van der Waals surface area contributed by atoms with Gasteiger partial charge in [0.05, 0.1) is 30.9 Å². The van der Waals surface area contributed by atoms with Gasteiger partial charge in [-0.3, -0.25) is 0 Å². The van der Waals surface area contributed by atoms with Gasteiger partial charge in [-0.1, -0.05) is 0 Å². The van der Waals surface area contributed by atoms with Gasteiger partial charge in [0.2, 0.25) is 0 Å². The molecule has 0 aliphatic rings. The van der Waals surface area contributed by atoms with Crippen molar-refractivity contribution in [2.45, 2.75) is 0 Å². The molecule has 0 saturated carbocycles. The number of phenols is 1. The number of fused-ring (bicyclic) bond motifs is 1. The molecule has 0 unspecified atom stereocenters. The van der Waals surface area contributed by atoms with Crippen molar-refractivity contribution in [3.05, 3.63) is 30.3 Å². The van der Waals surface area contributed by atoms with E-state index in [9.17, 15) is 5.11 Å². The van der Waals surface area contributed by atoms with Gasteiger partial charge in [-0.25, -0.2) is 4.98 Å². The third-order valence-electron chi connectivity index (χ3n) is 3.29. The van der Waals surface area contributed by atoms with Gasteiger partial charge >= 0.3 is 0 Å². The second kappa shape index (κ2) is 4.90. The fourth-order valence-electron chi connectivity index (χ4n) is 2.16. The highest BCUT2D eigenvalue weighted by Gasteiger charge is 2.11. The number of aromatic nitrogens is 2. The molecule has 21 heavy (non-hydrogen) atoms. The predicted octanol–water partition coefficient (Wildman–Crippen LogP) is 2.53. The van der Waals surface area contributed by atoms with Crippen LogP contribution in [0.3, 0.4) is 0 Å². The number of nitrogen functional groups attached to an aromatic ring is 1. The van der Waals surface area contributed by atoms with Crippen molar-refractivity contribution in [1.29, 1.82) is 0 Å².